The minimum Gasteiger partial charge on any atom is -0.492 e. The van der Waals surface area contributed by atoms with Gasteiger partial charge < -0.3 is 43.8 Å². The highest BCUT2D eigenvalue weighted by Gasteiger charge is 2.49. The number of halogens is 1. The quantitative estimate of drug-likeness (QED) is 0.106. The van der Waals surface area contributed by atoms with Gasteiger partial charge in [-0.25, -0.2) is 4.79 Å². The Balaban J connectivity index is 0.000000228. The number of benzene rings is 3. The van der Waals surface area contributed by atoms with E-state index < -0.39 is 18.1 Å². The Morgan fingerprint density at radius 1 is 0.964 bits per heavy atom. The Morgan fingerprint density at radius 3 is 2.33 bits per heavy atom. The molecule has 1 aromatic heterocycles. The number of hydrogen-bond acceptors (Lipinski definition) is 12. The van der Waals surface area contributed by atoms with Crippen molar-refractivity contribution in [3.8, 4) is 34.5 Å². The second-order valence-corrected chi connectivity index (χ2v) is 14.6. The molecule has 0 aliphatic carbocycles. The Kier molecular flexibility index (Phi) is 12.9. The lowest BCUT2D eigenvalue weighted by Gasteiger charge is -2.38. The molecule has 55 heavy (non-hydrogen) atoms. The number of nitrogen functional groups attached to an aromatic ring is 1. The predicted molar refractivity (Wildman–Crippen MR) is 214 cm³/mol. The zero-order valence-corrected chi connectivity index (χ0v) is 34.2. The Hall–Kier alpha value is -4.72. The summed E-state index contributed by atoms with van der Waals surface area (Å²) in [5, 5.41) is 0. The van der Waals surface area contributed by atoms with E-state index in [1.807, 2.05) is 46.1 Å². The van der Waals surface area contributed by atoms with Gasteiger partial charge in [0.15, 0.2) is 29.1 Å². The molecule has 0 radical (unpaired) electrons. The smallest absolute Gasteiger partial charge is 0.341 e. The summed E-state index contributed by atoms with van der Waals surface area (Å²) in [5.41, 5.74) is 11.9. The first-order valence-electron chi connectivity index (χ1n) is 18.7. The number of ether oxygens (including phenoxy) is 7. The third-order valence-corrected chi connectivity index (χ3v) is 10.5. The van der Waals surface area contributed by atoms with Gasteiger partial charge in [0.2, 0.25) is 18.3 Å². The van der Waals surface area contributed by atoms with E-state index in [0.29, 0.717) is 60.0 Å². The zero-order chi connectivity index (χ0) is 39.2. The van der Waals surface area contributed by atoms with Crippen LogP contribution in [0.3, 0.4) is 0 Å². The second-order valence-electron chi connectivity index (χ2n) is 13.7. The number of hydrogen-bond donors (Lipinski definition) is 1. The molecule has 0 bridgehead atoms. The highest BCUT2D eigenvalue weighted by Crippen LogP contribution is 2.59. The average molecular weight is 820 g/mol. The van der Waals surface area contributed by atoms with Crippen molar-refractivity contribution in [3.63, 3.8) is 0 Å². The van der Waals surface area contributed by atoms with E-state index in [9.17, 15) is 4.79 Å². The molecular weight excluding hydrogens is 768 g/mol. The third-order valence-electron chi connectivity index (χ3n) is 9.95. The van der Waals surface area contributed by atoms with E-state index in [1.165, 1.54) is 5.56 Å². The van der Waals surface area contributed by atoms with Gasteiger partial charge in [0.05, 0.1) is 49.8 Å². The van der Waals surface area contributed by atoms with Crippen LogP contribution in [0.15, 0.2) is 59.2 Å². The minimum atomic E-state index is -0.732. The molecule has 3 unspecified atom stereocenters. The fourth-order valence-electron chi connectivity index (χ4n) is 7.52. The van der Waals surface area contributed by atoms with Gasteiger partial charge in [-0.05, 0) is 103 Å². The summed E-state index contributed by atoms with van der Waals surface area (Å²) in [6.07, 6.45) is 2.99. The summed E-state index contributed by atoms with van der Waals surface area (Å²) < 4.78 is 42.3. The summed E-state index contributed by atoms with van der Waals surface area (Å²) in [7, 11) is 7.81. The molecule has 0 saturated carbocycles. The number of methoxy groups -OCH3 is 1. The molecule has 7 rings (SSSR count). The van der Waals surface area contributed by atoms with Crippen molar-refractivity contribution >= 4 is 27.6 Å². The number of likely N-dealkylation sites (N-methyl/N-ethyl adjacent to an activating group) is 1. The van der Waals surface area contributed by atoms with E-state index in [4.69, 9.17) is 38.9 Å². The number of carbonyl (C=O) groups excluding carboxylic acids is 1. The van der Waals surface area contributed by atoms with Crippen LogP contribution in [0.4, 0.5) is 5.69 Å². The first kappa shape index (κ1) is 40.0. The first-order chi connectivity index (χ1) is 26.6. The molecule has 12 nitrogen and oxygen atoms in total. The number of anilines is 1. The Labute approximate surface area is 331 Å². The topological polar surface area (TPSA) is 127 Å². The molecule has 0 amide bonds. The minimum absolute atomic E-state index is 0.124. The molecule has 0 saturated heterocycles. The molecule has 3 aliphatic heterocycles. The summed E-state index contributed by atoms with van der Waals surface area (Å²) in [5.74, 6) is 2.67. The van der Waals surface area contributed by atoms with Gasteiger partial charge in [-0.2, -0.15) is 0 Å². The van der Waals surface area contributed by atoms with Crippen molar-refractivity contribution in [2.75, 3.05) is 73.7 Å². The average Bonchev–Trinajstić information content (AvgIpc) is 3.79. The van der Waals surface area contributed by atoms with Crippen LogP contribution in [-0.2, 0) is 11.2 Å². The number of aromatic nitrogens is 1. The van der Waals surface area contributed by atoms with E-state index >= 15 is 0 Å². The molecule has 2 N–H and O–H groups in total. The normalized spacial score (nSPS) is 17.4. The lowest BCUT2D eigenvalue weighted by molar-refractivity contribution is 0.00816. The van der Waals surface area contributed by atoms with Gasteiger partial charge in [-0.1, -0.05) is 34.1 Å². The number of pyridine rings is 1. The molecule has 3 atom stereocenters. The van der Waals surface area contributed by atoms with Crippen LogP contribution in [0.5, 0.6) is 34.5 Å². The Bertz CT molecular complexity index is 1960. The molecule has 4 heterocycles. The van der Waals surface area contributed by atoms with Gasteiger partial charge in [-0.3, -0.25) is 9.88 Å². The number of carbonyl (C=O) groups is 1. The van der Waals surface area contributed by atoms with E-state index in [2.05, 4.69) is 81.2 Å². The highest BCUT2D eigenvalue weighted by molar-refractivity contribution is 9.10. The van der Waals surface area contributed by atoms with Crippen LogP contribution < -0.4 is 34.2 Å². The summed E-state index contributed by atoms with van der Waals surface area (Å²) >= 11 is 3.49. The van der Waals surface area contributed by atoms with Crippen molar-refractivity contribution in [2.45, 2.75) is 51.7 Å². The maximum absolute atomic E-state index is 13.3. The summed E-state index contributed by atoms with van der Waals surface area (Å²) in [4.78, 5) is 22.2. The van der Waals surface area contributed by atoms with E-state index in [-0.39, 0.29) is 23.8 Å². The molecule has 3 aliphatic rings. The maximum atomic E-state index is 13.3. The molecular formula is C42H51BrN4O8. The molecule has 0 fully saturated rings. The summed E-state index contributed by atoms with van der Waals surface area (Å²) in [6, 6.07) is 16.3. The summed E-state index contributed by atoms with van der Waals surface area (Å²) in [6.45, 7) is 8.55. The van der Waals surface area contributed by atoms with Gasteiger partial charge in [0.25, 0.3) is 0 Å². The molecule has 294 valence electrons. The first-order valence-corrected chi connectivity index (χ1v) is 19.5. The number of cyclic esters (lactones) is 1. The monoisotopic (exact) mass is 818 g/mol. The van der Waals surface area contributed by atoms with Crippen LogP contribution in [0, 0.1) is 0 Å². The van der Waals surface area contributed by atoms with Crippen LogP contribution in [-0.4, -0.2) is 88.7 Å². The van der Waals surface area contributed by atoms with Crippen molar-refractivity contribution in [2.24, 2.45) is 0 Å². The van der Waals surface area contributed by atoms with Gasteiger partial charge in [-0.15, -0.1) is 0 Å². The van der Waals surface area contributed by atoms with Crippen LogP contribution in [0.1, 0.15) is 83.6 Å². The van der Waals surface area contributed by atoms with Crippen molar-refractivity contribution < 1.29 is 38.0 Å². The number of esters is 1. The fourth-order valence-corrected chi connectivity index (χ4v) is 7.78. The van der Waals surface area contributed by atoms with Crippen LogP contribution in [0.25, 0.3) is 0 Å². The maximum Gasteiger partial charge on any atom is 0.341 e. The molecule has 3 aromatic carbocycles. The van der Waals surface area contributed by atoms with Gasteiger partial charge >= 0.3 is 5.97 Å². The fraction of sp³-hybridized carbons (Fsp3) is 0.429. The predicted octanol–water partition coefficient (Wildman–Crippen LogP) is 7.57. The standard InChI is InChI=1S/C26H32N2O8.C16H19BrN2/c1-6-31-23-17-16(18(27)24(32-7-2)25(23)33-8-3)26(29)36-21(17)19-15-13(9-10-28(19)4)11-14-20(22(15)30-5)35-12-34-14;1-19(2)12-10-15(16-5-3-4-11-18-16)13-6-8-14(17)9-7-13/h11,19,21H,6-10,12,27H2,1-5H3;3-9,11,15H,10,12H2,1-2H3. The van der Waals surface area contributed by atoms with Crippen molar-refractivity contribution in [3.05, 3.63) is 92.7 Å². The Morgan fingerprint density at radius 2 is 1.67 bits per heavy atom. The largest absolute Gasteiger partial charge is 0.492 e. The molecule has 4 aromatic rings. The lowest BCUT2D eigenvalue weighted by Crippen LogP contribution is -2.36. The highest BCUT2D eigenvalue weighted by atomic mass is 79.9. The SMILES string of the molecule is CCOc1c(N)c2c(c(OCC)c1OCC)C(C1c3c(cc4c(c3OC)OCO4)CCN1C)OC2=O.CN(C)CCC(c1ccc(Br)cc1)c1ccccn1. The van der Waals surface area contributed by atoms with Gasteiger partial charge in [0, 0.05) is 34.4 Å². The number of nitrogens with two attached hydrogens (primary N) is 1. The molecule has 13 heteroatoms. The van der Waals surface area contributed by atoms with Crippen molar-refractivity contribution in [1.29, 1.82) is 0 Å². The van der Waals surface area contributed by atoms with E-state index in [1.54, 1.807) is 7.11 Å². The van der Waals surface area contributed by atoms with Gasteiger partial charge in [0.1, 0.15) is 0 Å². The zero-order valence-electron chi connectivity index (χ0n) is 32.6. The molecule has 0 spiro atoms. The number of rotatable bonds is 13. The van der Waals surface area contributed by atoms with E-state index in [0.717, 1.165) is 47.2 Å². The lowest BCUT2D eigenvalue weighted by atomic mass is 9.85. The number of fused-ring (bicyclic) bond motifs is 3. The third kappa shape index (κ3) is 8.15. The second kappa shape index (κ2) is 17.8. The number of nitrogens with zero attached hydrogens (tertiary/aromatic N) is 3. The van der Waals surface area contributed by atoms with Crippen LogP contribution >= 0.6 is 15.9 Å². The van der Waals surface area contributed by atoms with Crippen molar-refractivity contribution in [1.82, 2.24) is 14.8 Å². The van der Waals surface area contributed by atoms with Crippen LogP contribution in [0.2, 0.25) is 0 Å².